The minimum Gasteiger partial charge on any atom is -0.326 e. The Bertz CT molecular complexity index is 702. The molecule has 0 unspecified atom stereocenters. The smallest absolute Gasteiger partial charge is 0.265 e. The predicted octanol–water partition coefficient (Wildman–Crippen LogP) is 2.62. The van der Waals surface area contributed by atoms with Crippen LogP contribution >= 0.6 is 11.6 Å². The van der Waals surface area contributed by atoms with Gasteiger partial charge in [-0.05, 0) is 29.8 Å². The van der Waals surface area contributed by atoms with E-state index in [1.807, 2.05) is 6.07 Å². The van der Waals surface area contributed by atoms with Crippen LogP contribution in [0.1, 0.15) is 5.56 Å². The molecule has 0 aromatic heterocycles. The topological polar surface area (TPSA) is 63.4 Å². The van der Waals surface area contributed by atoms with Gasteiger partial charge < -0.3 is 5.73 Å². The molecular formula is C14H15ClN2O2S. The fourth-order valence-electron chi connectivity index (χ4n) is 1.80. The van der Waals surface area contributed by atoms with Crippen molar-refractivity contribution in [1.82, 2.24) is 0 Å². The number of anilines is 1. The minimum absolute atomic E-state index is 0.0720. The summed E-state index contributed by atoms with van der Waals surface area (Å²) in [4.78, 5) is 0.0720. The van der Waals surface area contributed by atoms with Crippen molar-refractivity contribution in [2.24, 2.45) is 5.73 Å². The van der Waals surface area contributed by atoms with Crippen molar-refractivity contribution in [3.05, 3.63) is 59.1 Å². The van der Waals surface area contributed by atoms with Gasteiger partial charge in [-0.25, -0.2) is 8.42 Å². The molecule has 0 aliphatic rings. The fourth-order valence-corrected chi connectivity index (χ4v) is 3.54. The molecule has 0 spiro atoms. The molecule has 0 aliphatic heterocycles. The zero-order valence-corrected chi connectivity index (χ0v) is 12.5. The molecule has 2 N–H and O–H groups in total. The molecule has 4 nitrogen and oxygen atoms in total. The summed E-state index contributed by atoms with van der Waals surface area (Å²) >= 11 is 6.06. The van der Waals surface area contributed by atoms with Crippen LogP contribution in [0.3, 0.4) is 0 Å². The summed E-state index contributed by atoms with van der Waals surface area (Å²) in [6, 6.07) is 13.6. The molecule has 2 aromatic carbocycles. The van der Waals surface area contributed by atoms with Gasteiger partial charge in [0, 0.05) is 13.6 Å². The summed E-state index contributed by atoms with van der Waals surface area (Å²) in [5, 5.41) is 0.177. The van der Waals surface area contributed by atoms with Crippen LogP contribution in [0.25, 0.3) is 0 Å². The van der Waals surface area contributed by atoms with Gasteiger partial charge >= 0.3 is 0 Å². The van der Waals surface area contributed by atoms with E-state index in [0.29, 0.717) is 12.2 Å². The first-order valence-corrected chi connectivity index (χ1v) is 7.81. The SMILES string of the molecule is CN(c1ccccc1)S(=O)(=O)c1ccc(CN)cc1Cl. The van der Waals surface area contributed by atoms with E-state index in [1.54, 1.807) is 36.4 Å². The average molecular weight is 311 g/mol. The van der Waals surface area contributed by atoms with E-state index in [1.165, 1.54) is 17.4 Å². The van der Waals surface area contributed by atoms with Crippen molar-refractivity contribution in [3.63, 3.8) is 0 Å². The Hall–Kier alpha value is -1.56. The van der Waals surface area contributed by atoms with Crippen LogP contribution < -0.4 is 10.0 Å². The van der Waals surface area contributed by atoms with Crippen LogP contribution in [0.5, 0.6) is 0 Å². The van der Waals surface area contributed by atoms with Gasteiger partial charge in [0.05, 0.1) is 10.7 Å². The molecule has 6 heteroatoms. The van der Waals surface area contributed by atoms with Crippen LogP contribution in [0.15, 0.2) is 53.4 Å². The van der Waals surface area contributed by atoms with Crippen LogP contribution in [0.4, 0.5) is 5.69 Å². The van der Waals surface area contributed by atoms with Gasteiger partial charge in [-0.1, -0.05) is 35.9 Å². The molecule has 0 saturated heterocycles. The quantitative estimate of drug-likeness (QED) is 0.944. The van der Waals surface area contributed by atoms with Crippen molar-refractivity contribution in [2.75, 3.05) is 11.4 Å². The second-order valence-corrected chi connectivity index (χ2v) is 6.62. The van der Waals surface area contributed by atoms with E-state index >= 15 is 0 Å². The molecule has 0 saturated carbocycles. The van der Waals surface area contributed by atoms with Gasteiger partial charge in [-0.2, -0.15) is 0 Å². The second kappa shape index (κ2) is 5.83. The molecule has 0 heterocycles. The molecule has 106 valence electrons. The molecular weight excluding hydrogens is 296 g/mol. The maximum Gasteiger partial charge on any atom is 0.265 e. The molecule has 0 bridgehead atoms. The number of hydrogen-bond donors (Lipinski definition) is 1. The molecule has 2 rings (SSSR count). The number of sulfonamides is 1. The Labute approximate surface area is 123 Å². The minimum atomic E-state index is -3.69. The van der Waals surface area contributed by atoms with Crippen molar-refractivity contribution >= 4 is 27.3 Å². The van der Waals surface area contributed by atoms with Crippen molar-refractivity contribution in [3.8, 4) is 0 Å². The van der Waals surface area contributed by atoms with Gasteiger partial charge in [0.1, 0.15) is 4.90 Å². The van der Waals surface area contributed by atoms with Gasteiger partial charge in [0.25, 0.3) is 10.0 Å². The first-order valence-electron chi connectivity index (χ1n) is 5.99. The lowest BCUT2D eigenvalue weighted by atomic mass is 10.2. The summed E-state index contributed by atoms with van der Waals surface area (Å²) in [5.74, 6) is 0. The summed E-state index contributed by atoms with van der Waals surface area (Å²) in [7, 11) is -2.19. The van der Waals surface area contributed by atoms with Crippen molar-refractivity contribution in [1.29, 1.82) is 0 Å². The highest BCUT2D eigenvalue weighted by molar-refractivity contribution is 7.93. The Kier molecular flexibility index (Phi) is 4.32. The summed E-state index contributed by atoms with van der Waals surface area (Å²) in [6.07, 6.45) is 0. The maximum atomic E-state index is 12.6. The third-order valence-electron chi connectivity index (χ3n) is 2.99. The maximum absolute atomic E-state index is 12.6. The molecule has 0 amide bonds. The van der Waals surface area contributed by atoms with Crippen LogP contribution in [-0.4, -0.2) is 15.5 Å². The molecule has 0 radical (unpaired) electrons. The standard InChI is InChI=1S/C14H15ClN2O2S/c1-17(12-5-3-2-4-6-12)20(18,19)14-8-7-11(10-16)9-13(14)15/h2-9H,10,16H2,1H3. The molecule has 0 aliphatic carbocycles. The van der Waals surface area contributed by atoms with Crippen LogP contribution in [0.2, 0.25) is 5.02 Å². The highest BCUT2D eigenvalue weighted by Crippen LogP contribution is 2.28. The van der Waals surface area contributed by atoms with Crippen molar-refractivity contribution < 1.29 is 8.42 Å². The average Bonchev–Trinajstić information content (AvgIpc) is 2.46. The Morgan fingerprint density at radius 1 is 1.15 bits per heavy atom. The summed E-state index contributed by atoms with van der Waals surface area (Å²) in [6.45, 7) is 0.314. The fraction of sp³-hybridized carbons (Fsp3) is 0.143. The number of benzene rings is 2. The lowest BCUT2D eigenvalue weighted by molar-refractivity contribution is 0.594. The van der Waals surface area contributed by atoms with E-state index in [4.69, 9.17) is 17.3 Å². The Morgan fingerprint density at radius 3 is 2.35 bits per heavy atom. The van der Waals surface area contributed by atoms with E-state index in [2.05, 4.69) is 0 Å². The van der Waals surface area contributed by atoms with Crippen LogP contribution in [-0.2, 0) is 16.6 Å². The van der Waals surface area contributed by atoms with Gasteiger partial charge in [0.15, 0.2) is 0 Å². The summed E-state index contributed by atoms with van der Waals surface area (Å²) in [5.41, 5.74) is 6.87. The van der Waals surface area contributed by atoms with Crippen LogP contribution in [0, 0.1) is 0 Å². The van der Waals surface area contributed by atoms with Gasteiger partial charge in [-0.3, -0.25) is 4.31 Å². The predicted molar refractivity (Wildman–Crippen MR) is 81.4 cm³/mol. The third kappa shape index (κ3) is 2.80. The Balaban J connectivity index is 2.45. The number of nitrogens with zero attached hydrogens (tertiary/aromatic N) is 1. The zero-order valence-electron chi connectivity index (χ0n) is 11.0. The molecule has 20 heavy (non-hydrogen) atoms. The highest BCUT2D eigenvalue weighted by atomic mass is 35.5. The number of halogens is 1. The first-order chi connectivity index (χ1) is 9.46. The normalized spacial score (nSPS) is 11.3. The lowest BCUT2D eigenvalue weighted by Crippen LogP contribution is -2.26. The number of rotatable bonds is 4. The Morgan fingerprint density at radius 2 is 1.80 bits per heavy atom. The third-order valence-corrected chi connectivity index (χ3v) is 5.26. The second-order valence-electron chi connectivity index (χ2n) is 4.28. The van der Waals surface area contributed by atoms with Gasteiger partial charge in [0.2, 0.25) is 0 Å². The number of hydrogen-bond acceptors (Lipinski definition) is 3. The van der Waals surface area contributed by atoms with Gasteiger partial charge in [-0.15, -0.1) is 0 Å². The molecule has 0 atom stereocenters. The van der Waals surface area contributed by atoms with E-state index in [9.17, 15) is 8.42 Å². The van der Waals surface area contributed by atoms with Crippen molar-refractivity contribution in [2.45, 2.75) is 11.4 Å². The zero-order chi connectivity index (χ0) is 14.8. The summed E-state index contributed by atoms with van der Waals surface area (Å²) < 4.78 is 26.3. The first kappa shape index (κ1) is 14.8. The largest absolute Gasteiger partial charge is 0.326 e. The number of nitrogens with two attached hydrogens (primary N) is 1. The lowest BCUT2D eigenvalue weighted by Gasteiger charge is -2.20. The number of para-hydroxylation sites is 1. The van der Waals surface area contributed by atoms with E-state index in [0.717, 1.165) is 5.56 Å². The monoisotopic (exact) mass is 310 g/mol. The molecule has 0 fully saturated rings. The van der Waals surface area contributed by atoms with E-state index in [-0.39, 0.29) is 9.92 Å². The van der Waals surface area contributed by atoms with E-state index < -0.39 is 10.0 Å². The molecule has 2 aromatic rings. The highest BCUT2D eigenvalue weighted by Gasteiger charge is 2.23.